The van der Waals surface area contributed by atoms with Gasteiger partial charge in [-0.05, 0) is 38.8 Å². The summed E-state index contributed by atoms with van der Waals surface area (Å²) in [6.07, 6.45) is 0. The van der Waals surface area contributed by atoms with Gasteiger partial charge >= 0.3 is 21.2 Å². The van der Waals surface area contributed by atoms with Crippen LogP contribution in [0.1, 0.15) is 20.8 Å². The van der Waals surface area contributed by atoms with E-state index in [0.29, 0.717) is 0 Å². The van der Waals surface area contributed by atoms with E-state index >= 15 is 0 Å². The Morgan fingerprint density at radius 3 is 2.27 bits per heavy atom. The molecule has 0 atom stereocenters. The Morgan fingerprint density at radius 1 is 1.00 bits per heavy atom. The minimum Gasteiger partial charge on any atom is -0.0830 e. The number of hydrogen-bond donors (Lipinski definition) is 0. The fraction of sp³-hybridized carbons (Fsp3) is 0.286. The second-order valence-corrected chi connectivity index (χ2v) is 6.43. The molecule has 1 rings (SSSR count). The standard InChI is InChI=1S/C14H14I/c1-14(2,3)11-7-8-12-15-13-9-5-4-6-10-13/h4-6,9-10H,1-3H3/q+1. The van der Waals surface area contributed by atoms with Gasteiger partial charge in [0.05, 0.1) is 0 Å². The molecule has 0 unspecified atom stereocenters. The number of benzene rings is 1. The van der Waals surface area contributed by atoms with Gasteiger partial charge in [-0.2, -0.15) is 0 Å². The van der Waals surface area contributed by atoms with Gasteiger partial charge in [-0.1, -0.05) is 24.1 Å². The monoisotopic (exact) mass is 309 g/mol. The molecule has 1 heteroatoms. The lowest BCUT2D eigenvalue weighted by molar-refractivity contribution is -0.535. The second kappa shape index (κ2) is 5.83. The first-order valence-electron chi connectivity index (χ1n) is 4.79. The van der Waals surface area contributed by atoms with Gasteiger partial charge in [0.1, 0.15) is 0 Å². The summed E-state index contributed by atoms with van der Waals surface area (Å²) in [7, 11) is 0. The topological polar surface area (TPSA) is 0 Å². The summed E-state index contributed by atoms with van der Waals surface area (Å²) in [6, 6.07) is 10.4. The molecule has 0 fully saturated rings. The van der Waals surface area contributed by atoms with Crippen LogP contribution in [0.5, 0.6) is 0 Å². The lowest BCUT2D eigenvalue weighted by Gasteiger charge is -2.05. The normalized spacial score (nSPS) is 9.53. The third-order valence-corrected chi connectivity index (χ3v) is 3.32. The highest BCUT2D eigenvalue weighted by atomic mass is 127. The first-order chi connectivity index (χ1) is 7.08. The molecular weight excluding hydrogens is 295 g/mol. The van der Waals surface area contributed by atoms with Crippen LogP contribution in [-0.2, 0) is 0 Å². The van der Waals surface area contributed by atoms with Crippen LogP contribution in [0.3, 0.4) is 0 Å². The molecule has 0 aliphatic carbocycles. The number of rotatable bonds is 1. The highest BCUT2D eigenvalue weighted by Gasteiger charge is 2.05. The molecule has 0 nitrogen and oxygen atoms in total. The molecule has 0 aliphatic rings. The van der Waals surface area contributed by atoms with E-state index in [1.165, 1.54) is 3.57 Å². The van der Waals surface area contributed by atoms with Crippen LogP contribution in [0, 0.1) is 30.7 Å². The molecule has 0 N–H and O–H groups in total. The summed E-state index contributed by atoms with van der Waals surface area (Å²) in [6.45, 7) is 6.27. The zero-order chi connectivity index (χ0) is 11.1. The summed E-state index contributed by atoms with van der Waals surface area (Å²) in [5.41, 5.74) is 0.0553. The average molecular weight is 309 g/mol. The van der Waals surface area contributed by atoms with Crippen LogP contribution in [0.4, 0.5) is 0 Å². The van der Waals surface area contributed by atoms with Crippen molar-refractivity contribution >= 4 is 0 Å². The van der Waals surface area contributed by atoms with Crippen LogP contribution in [0.25, 0.3) is 0 Å². The van der Waals surface area contributed by atoms with Gasteiger partial charge in [0.2, 0.25) is 7.50 Å². The molecular formula is C14H14I+. The Balaban J connectivity index is 2.51. The van der Waals surface area contributed by atoms with Gasteiger partial charge in [-0.25, -0.2) is 0 Å². The molecule has 1 aromatic carbocycles. The summed E-state index contributed by atoms with van der Waals surface area (Å²) in [5.74, 6) is 8.94. The van der Waals surface area contributed by atoms with Crippen molar-refractivity contribution in [2.45, 2.75) is 20.8 Å². The van der Waals surface area contributed by atoms with Gasteiger partial charge in [-0.15, -0.1) is 0 Å². The molecule has 76 valence electrons. The molecule has 0 aliphatic heterocycles. The van der Waals surface area contributed by atoms with E-state index in [-0.39, 0.29) is 26.6 Å². The van der Waals surface area contributed by atoms with Gasteiger partial charge in [-0.3, -0.25) is 0 Å². The molecule has 15 heavy (non-hydrogen) atoms. The van der Waals surface area contributed by atoms with Crippen molar-refractivity contribution in [3.05, 3.63) is 33.9 Å². The summed E-state index contributed by atoms with van der Waals surface area (Å²) in [4.78, 5) is 0. The molecule has 0 saturated carbocycles. The lowest BCUT2D eigenvalue weighted by Crippen LogP contribution is -3.59. The van der Waals surface area contributed by atoms with Crippen molar-refractivity contribution in [3.63, 3.8) is 0 Å². The Morgan fingerprint density at radius 2 is 1.67 bits per heavy atom. The Bertz CT molecular complexity index is 416. The average Bonchev–Trinajstić information content (AvgIpc) is 2.17. The van der Waals surface area contributed by atoms with Crippen LogP contribution in [0.2, 0.25) is 0 Å². The lowest BCUT2D eigenvalue weighted by atomic mass is 9.98. The molecule has 0 spiro atoms. The van der Waals surface area contributed by atoms with E-state index in [1.54, 1.807) is 0 Å². The van der Waals surface area contributed by atoms with Crippen molar-refractivity contribution in [3.8, 4) is 21.7 Å². The van der Waals surface area contributed by atoms with Gasteiger partial charge < -0.3 is 0 Å². The predicted molar refractivity (Wildman–Crippen MR) is 60.1 cm³/mol. The second-order valence-electron chi connectivity index (χ2n) is 4.11. The molecule has 0 aromatic heterocycles. The number of halogens is 1. The van der Waals surface area contributed by atoms with Crippen LogP contribution in [-0.4, -0.2) is 0 Å². The summed E-state index contributed by atoms with van der Waals surface area (Å²) < 4.78 is 4.51. The Kier molecular flexibility index (Phi) is 4.72. The third kappa shape index (κ3) is 6.20. The third-order valence-electron chi connectivity index (χ3n) is 1.44. The van der Waals surface area contributed by atoms with Gasteiger partial charge in [0, 0.05) is 11.3 Å². The van der Waals surface area contributed by atoms with E-state index < -0.39 is 0 Å². The van der Waals surface area contributed by atoms with Crippen molar-refractivity contribution < 1.29 is 21.2 Å². The van der Waals surface area contributed by atoms with Crippen LogP contribution >= 0.6 is 0 Å². The zero-order valence-corrected chi connectivity index (χ0v) is 11.4. The largest absolute Gasteiger partial charge is 0.420 e. The maximum atomic E-state index is 3.16. The van der Waals surface area contributed by atoms with E-state index in [4.69, 9.17) is 0 Å². The molecule has 1 aromatic rings. The predicted octanol–water partition coefficient (Wildman–Crippen LogP) is -0.0444. The molecule has 0 saturated heterocycles. The van der Waals surface area contributed by atoms with Crippen LogP contribution < -0.4 is 21.2 Å². The van der Waals surface area contributed by atoms with Crippen molar-refractivity contribution in [1.82, 2.24) is 0 Å². The first-order valence-corrected chi connectivity index (χ1v) is 6.95. The van der Waals surface area contributed by atoms with Crippen molar-refractivity contribution in [2.75, 3.05) is 0 Å². The minimum absolute atomic E-state index is 0.0553. The van der Waals surface area contributed by atoms with E-state index in [9.17, 15) is 0 Å². The number of hydrogen-bond acceptors (Lipinski definition) is 0. The van der Waals surface area contributed by atoms with Crippen molar-refractivity contribution in [1.29, 1.82) is 0 Å². The maximum absolute atomic E-state index is 3.16. The van der Waals surface area contributed by atoms with Crippen LogP contribution in [0.15, 0.2) is 30.3 Å². The summed E-state index contributed by atoms with van der Waals surface area (Å²) in [5, 5.41) is 0. The van der Waals surface area contributed by atoms with Gasteiger partial charge in [0.25, 0.3) is 0 Å². The SMILES string of the molecule is CC(C)(C)C#CC#C[I+]c1ccccc1. The van der Waals surface area contributed by atoms with E-state index in [1.807, 2.05) is 6.07 Å². The maximum Gasteiger partial charge on any atom is 0.420 e. The molecule has 0 amide bonds. The Hall–Kier alpha value is -0.930. The molecule has 0 radical (unpaired) electrons. The quantitative estimate of drug-likeness (QED) is 0.504. The zero-order valence-electron chi connectivity index (χ0n) is 9.26. The smallest absolute Gasteiger partial charge is 0.0830 e. The molecule has 0 bridgehead atoms. The minimum atomic E-state index is -0.186. The fourth-order valence-electron chi connectivity index (χ4n) is 0.798. The molecule has 0 heterocycles. The first kappa shape index (κ1) is 12.1. The van der Waals surface area contributed by atoms with E-state index in [2.05, 4.69) is 66.7 Å². The van der Waals surface area contributed by atoms with E-state index in [0.717, 1.165) is 0 Å². The van der Waals surface area contributed by atoms with Gasteiger partial charge in [0.15, 0.2) is 0 Å². The Labute approximate surface area is 103 Å². The highest BCUT2D eigenvalue weighted by molar-refractivity contribution is 5.25. The van der Waals surface area contributed by atoms with Crippen molar-refractivity contribution in [2.24, 2.45) is 5.41 Å². The summed E-state index contributed by atoms with van der Waals surface area (Å²) >= 11 is -0.186. The fourth-order valence-corrected chi connectivity index (χ4v) is 2.15. The highest BCUT2D eigenvalue weighted by Crippen LogP contribution is 2.09.